The lowest BCUT2D eigenvalue weighted by molar-refractivity contribution is 0.667. The number of aromatic nitrogens is 1. The van der Waals surface area contributed by atoms with Gasteiger partial charge in [0.2, 0.25) is 0 Å². The van der Waals surface area contributed by atoms with Gasteiger partial charge in [-0.15, -0.1) is 11.3 Å². The molecule has 0 N–H and O–H groups in total. The molecule has 0 atom stereocenters. The van der Waals surface area contributed by atoms with Crippen molar-refractivity contribution in [3.05, 3.63) is 51.5 Å². The fraction of sp³-hybridized carbons (Fsp3) is 0.389. The Balaban J connectivity index is 2.02. The molecule has 0 aliphatic carbocycles. The fourth-order valence-electron chi connectivity index (χ4n) is 2.14. The van der Waals surface area contributed by atoms with Gasteiger partial charge >= 0.3 is 0 Å². The first kappa shape index (κ1) is 14.8. The van der Waals surface area contributed by atoms with Gasteiger partial charge in [-0.05, 0) is 48.9 Å². The van der Waals surface area contributed by atoms with Gasteiger partial charge in [-0.2, -0.15) is 0 Å². The molecule has 0 spiro atoms. The normalized spacial score (nSPS) is 10.1. The lowest BCUT2D eigenvalue weighted by Crippen LogP contribution is -1.86. The second kappa shape index (κ2) is 7.87. The number of unbranched alkanes of at least 4 members (excludes halogenated alkanes) is 3. The molecule has 104 valence electrons. The lowest BCUT2D eigenvalue weighted by Gasteiger charge is -1.99. The first-order chi connectivity index (χ1) is 9.79. The van der Waals surface area contributed by atoms with E-state index >= 15 is 0 Å². The van der Waals surface area contributed by atoms with Gasteiger partial charge in [0.25, 0.3) is 0 Å². The summed E-state index contributed by atoms with van der Waals surface area (Å²) in [6.45, 7) is 4.24. The maximum atomic E-state index is 4.20. The number of hydrogen-bond acceptors (Lipinski definition) is 2. The van der Waals surface area contributed by atoms with Crippen molar-refractivity contribution in [3.8, 4) is 11.8 Å². The predicted octanol–water partition coefficient (Wildman–Crippen LogP) is 4.97. The molecule has 2 rings (SSSR count). The summed E-state index contributed by atoms with van der Waals surface area (Å²) in [6, 6.07) is 6.22. The van der Waals surface area contributed by atoms with Crippen molar-refractivity contribution in [1.29, 1.82) is 0 Å². The van der Waals surface area contributed by atoms with Crippen LogP contribution in [0.4, 0.5) is 0 Å². The molecule has 2 aromatic heterocycles. The highest BCUT2D eigenvalue weighted by Crippen LogP contribution is 2.18. The van der Waals surface area contributed by atoms with Crippen molar-refractivity contribution in [1.82, 2.24) is 4.98 Å². The third kappa shape index (κ3) is 4.51. The molecule has 1 nitrogen and oxygen atoms in total. The summed E-state index contributed by atoms with van der Waals surface area (Å²) in [7, 11) is 0. The Labute approximate surface area is 126 Å². The van der Waals surface area contributed by atoms with E-state index in [1.54, 1.807) is 11.3 Å². The SMILES string of the molecule is CCCCCCc1ccsc1C#Cc1ccnc(C)c1. The Morgan fingerprint density at radius 1 is 1.15 bits per heavy atom. The molecule has 0 saturated heterocycles. The Bertz CT molecular complexity index is 601. The molecular formula is C18H21NS. The highest BCUT2D eigenvalue weighted by molar-refractivity contribution is 7.10. The Morgan fingerprint density at radius 3 is 2.85 bits per heavy atom. The molecule has 0 fully saturated rings. The molecule has 2 heteroatoms. The van der Waals surface area contributed by atoms with Crippen molar-refractivity contribution >= 4 is 11.3 Å². The van der Waals surface area contributed by atoms with Crippen LogP contribution in [0.15, 0.2) is 29.8 Å². The zero-order chi connectivity index (χ0) is 14.2. The smallest absolute Gasteiger partial charge is 0.0804 e. The minimum atomic E-state index is 1.02. The number of hydrogen-bond donors (Lipinski definition) is 0. The van der Waals surface area contributed by atoms with Crippen molar-refractivity contribution < 1.29 is 0 Å². The van der Waals surface area contributed by atoms with Crippen molar-refractivity contribution in [3.63, 3.8) is 0 Å². The maximum absolute atomic E-state index is 4.20. The first-order valence-corrected chi connectivity index (χ1v) is 8.18. The Kier molecular flexibility index (Phi) is 5.83. The molecule has 0 bridgehead atoms. The van der Waals surface area contributed by atoms with Crippen LogP contribution in [-0.4, -0.2) is 4.98 Å². The standard InChI is InChI=1S/C18H21NS/c1-3-4-5-6-7-17-11-13-20-18(17)9-8-16-10-12-19-15(2)14-16/h10-14H,3-7H2,1-2H3. The number of nitrogens with zero attached hydrogens (tertiary/aromatic N) is 1. The molecule has 0 aliphatic heterocycles. The fourth-order valence-corrected chi connectivity index (χ4v) is 2.94. The van der Waals surface area contributed by atoms with Crippen LogP contribution in [-0.2, 0) is 6.42 Å². The van der Waals surface area contributed by atoms with E-state index in [9.17, 15) is 0 Å². The van der Waals surface area contributed by atoms with Crippen molar-refractivity contribution in [2.24, 2.45) is 0 Å². The van der Waals surface area contributed by atoms with E-state index in [2.05, 4.69) is 35.2 Å². The zero-order valence-electron chi connectivity index (χ0n) is 12.3. The van der Waals surface area contributed by atoms with E-state index < -0.39 is 0 Å². The topological polar surface area (TPSA) is 12.9 Å². The van der Waals surface area contributed by atoms with Crippen LogP contribution in [0.5, 0.6) is 0 Å². The Hall–Kier alpha value is -1.59. The van der Waals surface area contributed by atoms with E-state index in [-0.39, 0.29) is 0 Å². The van der Waals surface area contributed by atoms with E-state index in [4.69, 9.17) is 0 Å². The third-order valence-electron chi connectivity index (χ3n) is 3.26. The molecule has 0 aromatic carbocycles. The van der Waals surface area contributed by atoms with Crippen LogP contribution in [0.3, 0.4) is 0 Å². The molecule has 2 heterocycles. The average Bonchev–Trinajstić information content (AvgIpc) is 2.89. The van der Waals surface area contributed by atoms with Crippen LogP contribution in [0.1, 0.15) is 54.3 Å². The monoisotopic (exact) mass is 283 g/mol. The summed E-state index contributed by atoms with van der Waals surface area (Å²) in [5.74, 6) is 6.57. The number of thiophene rings is 1. The highest BCUT2D eigenvalue weighted by atomic mass is 32.1. The van der Waals surface area contributed by atoms with Gasteiger partial charge in [0.05, 0.1) is 4.88 Å². The molecule has 20 heavy (non-hydrogen) atoms. The minimum absolute atomic E-state index is 1.02. The van der Waals surface area contributed by atoms with Gasteiger partial charge < -0.3 is 0 Å². The number of aryl methyl sites for hydroxylation is 2. The number of rotatable bonds is 5. The molecule has 0 radical (unpaired) electrons. The van der Waals surface area contributed by atoms with Crippen LogP contribution in [0.25, 0.3) is 0 Å². The number of pyridine rings is 1. The molecule has 0 saturated carbocycles. The highest BCUT2D eigenvalue weighted by Gasteiger charge is 2.01. The maximum Gasteiger partial charge on any atom is 0.0804 e. The van der Waals surface area contributed by atoms with Crippen LogP contribution in [0, 0.1) is 18.8 Å². The summed E-state index contributed by atoms with van der Waals surface area (Å²) < 4.78 is 0. The van der Waals surface area contributed by atoms with Gasteiger partial charge in [0.1, 0.15) is 0 Å². The molecule has 2 aromatic rings. The van der Waals surface area contributed by atoms with Crippen LogP contribution < -0.4 is 0 Å². The quantitative estimate of drug-likeness (QED) is 0.557. The second-order valence-electron chi connectivity index (χ2n) is 5.02. The zero-order valence-corrected chi connectivity index (χ0v) is 13.1. The van der Waals surface area contributed by atoms with Gasteiger partial charge in [-0.25, -0.2) is 0 Å². The lowest BCUT2D eigenvalue weighted by atomic mass is 10.1. The first-order valence-electron chi connectivity index (χ1n) is 7.30. The minimum Gasteiger partial charge on any atom is -0.262 e. The van der Waals surface area contributed by atoms with E-state index in [0.29, 0.717) is 0 Å². The summed E-state index contributed by atoms with van der Waals surface area (Å²) >= 11 is 1.75. The predicted molar refractivity (Wildman–Crippen MR) is 87.1 cm³/mol. The second-order valence-corrected chi connectivity index (χ2v) is 5.94. The molecular weight excluding hydrogens is 262 g/mol. The van der Waals surface area contributed by atoms with Gasteiger partial charge in [-0.1, -0.05) is 38.0 Å². The average molecular weight is 283 g/mol. The van der Waals surface area contributed by atoms with Crippen LogP contribution >= 0.6 is 11.3 Å². The van der Waals surface area contributed by atoms with E-state index in [1.807, 2.05) is 25.3 Å². The third-order valence-corrected chi connectivity index (χ3v) is 4.14. The summed E-state index contributed by atoms with van der Waals surface area (Å²) in [5.41, 5.74) is 3.47. The van der Waals surface area contributed by atoms with Crippen molar-refractivity contribution in [2.75, 3.05) is 0 Å². The summed E-state index contributed by atoms with van der Waals surface area (Å²) in [5, 5.41) is 2.15. The molecule has 0 unspecified atom stereocenters. The molecule has 0 aliphatic rings. The van der Waals surface area contributed by atoms with Crippen LogP contribution in [0.2, 0.25) is 0 Å². The van der Waals surface area contributed by atoms with Crippen molar-refractivity contribution in [2.45, 2.75) is 46.0 Å². The van der Waals surface area contributed by atoms with E-state index in [0.717, 1.165) is 17.7 Å². The largest absolute Gasteiger partial charge is 0.262 e. The molecule has 0 amide bonds. The Morgan fingerprint density at radius 2 is 2.05 bits per heavy atom. The van der Waals surface area contributed by atoms with Gasteiger partial charge in [0.15, 0.2) is 0 Å². The summed E-state index contributed by atoms with van der Waals surface area (Å²) in [4.78, 5) is 5.41. The van der Waals surface area contributed by atoms with Gasteiger partial charge in [0, 0.05) is 17.5 Å². The summed E-state index contributed by atoms with van der Waals surface area (Å²) in [6.07, 6.45) is 8.19. The van der Waals surface area contributed by atoms with E-state index in [1.165, 1.54) is 36.1 Å². The van der Waals surface area contributed by atoms with Gasteiger partial charge in [-0.3, -0.25) is 4.98 Å².